The average molecular weight is 267 g/mol. The third kappa shape index (κ3) is 2.20. The van der Waals surface area contributed by atoms with Gasteiger partial charge in [-0.05, 0) is 24.3 Å². The predicted octanol–water partition coefficient (Wildman–Crippen LogP) is 3.44. The molecule has 88 valence electrons. The fourth-order valence-corrected chi connectivity index (χ4v) is 2.51. The maximum Gasteiger partial charge on any atom is 0.163 e. The van der Waals surface area contributed by atoms with Gasteiger partial charge in [0.15, 0.2) is 10.8 Å². The smallest absolute Gasteiger partial charge is 0.163 e. The van der Waals surface area contributed by atoms with E-state index < -0.39 is 0 Å². The molecule has 2 aromatic heterocycles. The molecule has 0 bridgehead atoms. The summed E-state index contributed by atoms with van der Waals surface area (Å²) in [5.74, 6) is 1.58. The summed E-state index contributed by atoms with van der Waals surface area (Å²) in [6, 6.07) is 11.9. The van der Waals surface area contributed by atoms with Gasteiger partial charge in [0.25, 0.3) is 0 Å². The van der Waals surface area contributed by atoms with Crippen LogP contribution in [0, 0.1) is 0 Å². The molecule has 1 aromatic carbocycles. The SMILES string of the molecule is Cl.NCc1ccc(-c2nc3ccccc3s2)o1. The van der Waals surface area contributed by atoms with E-state index in [9.17, 15) is 0 Å². The van der Waals surface area contributed by atoms with Gasteiger partial charge in [-0.15, -0.1) is 23.7 Å². The number of thiazole rings is 1. The number of aromatic nitrogens is 1. The molecular formula is C12H11ClN2OS. The number of benzene rings is 1. The van der Waals surface area contributed by atoms with E-state index in [4.69, 9.17) is 10.2 Å². The van der Waals surface area contributed by atoms with E-state index >= 15 is 0 Å². The summed E-state index contributed by atoms with van der Waals surface area (Å²) in [7, 11) is 0. The van der Waals surface area contributed by atoms with Crippen LogP contribution in [0.2, 0.25) is 0 Å². The first kappa shape index (κ1) is 12.1. The molecule has 3 nitrogen and oxygen atoms in total. The molecule has 2 N–H and O–H groups in total. The van der Waals surface area contributed by atoms with Crippen LogP contribution in [-0.4, -0.2) is 4.98 Å². The number of nitrogens with two attached hydrogens (primary N) is 1. The Morgan fingerprint density at radius 2 is 2.00 bits per heavy atom. The lowest BCUT2D eigenvalue weighted by Crippen LogP contribution is -1.92. The lowest BCUT2D eigenvalue weighted by molar-refractivity contribution is 0.525. The molecule has 0 aliphatic rings. The van der Waals surface area contributed by atoms with Gasteiger partial charge < -0.3 is 10.2 Å². The Balaban J connectivity index is 0.00000108. The number of hydrogen-bond acceptors (Lipinski definition) is 4. The summed E-state index contributed by atoms with van der Waals surface area (Å²) in [5, 5.41) is 0.904. The molecule has 0 atom stereocenters. The Morgan fingerprint density at radius 3 is 2.71 bits per heavy atom. The highest BCUT2D eigenvalue weighted by Crippen LogP contribution is 2.30. The summed E-state index contributed by atoms with van der Waals surface area (Å²) in [4.78, 5) is 4.51. The van der Waals surface area contributed by atoms with E-state index in [1.165, 1.54) is 4.70 Å². The number of rotatable bonds is 2. The molecule has 0 saturated carbocycles. The van der Waals surface area contributed by atoms with E-state index in [0.717, 1.165) is 22.0 Å². The van der Waals surface area contributed by atoms with Crippen molar-refractivity contribution in [3.05, 3.63) is 42.2 Å². The fourth-order valence-electron chi connectivity index (χ4n) is 1.58. The lowest BCUT2D eigenvalue weighted by atomic mass is 10.3. The van der Waals surface area contributed by atoms with Crippen LogP contribution in [0.1, 0.15) is 5.76 Å². The molecule has 0 aliphatic heterocycles. The zero-order chi connectivity index (χ0) is 11.0. The van der Waals surface area contributed by atoms with Crippen LogP contribution in [0.3, 0.4) is 0 Å². The first-order valence-electron chi connectivity index (χ1n) is 5.01. The highest BCUT2D eigenvalue weighted by atomic mass is 35.5. The molecule has 0 saturated heterocycles. The van der Waals surface area contributed by atoms with Crippen molar-refractivity contribution in [2.24, 2.45) is 5.73 Å². The standard InChI is InChI=1S/C12H10N2OS.ClH/c13-7-8-5-6-10(15-8)12-14-9-3-1-2-4-11(9)16-12;/h1-6H,7,13H2;1H. The van der Waals surface area contributed by atoms with E-state index in [0.29, 0.717) is 6.54 Å². The Morgan fingerprint density at radius 1 is 1.18 bits per heavy atom. The Labute approximate surface area is 109 Å². The minimum Gasteiger partial charge on any atom is -0.457 e. The number of para-hydroxylation sites is 1. The number of nitrogens with zero attached hydrogens (tertiary/aromatic N) is 1. The van der Waals surface area contributed by atoms with Gasteiger partial charge in [-0.1, -0.05) is 12.1 Å². The van der Waals surface area contributed by atoms with Crippen molar-refractivity contribution in [3.8, 4) is 10.8 Å². The van der Waals surface area contributed by atoms with Crippen molar-refractivity contribution in [2.75, 3.05) is 0 Å². The zero-order valence-electron chi connectivity index (χ0n) is 8.92. The Hall–Kier alpha value is -1.36. The van der Waals surface area contributed by atoms with Gasteiger partial charge in [0.1, 0.15) is 5.76 Å². The monoisotopic (exact) mass is 266 g/mol. The molecule has 5 heteroatoms. The largest absolute Gasteiger partial charge is 0.457 e. The van der Waals surface area contributed by atoms with Gasteiger partial charge in [-0.2, -0.15) is 0 Å². The molecule has 0 unspecified atom stereocenters. The second kappa shape index (κ2) is 4.87. The van der Waals surface area contributed by atoms with Crippen molar-refractivity contribution in [3.63, 3.8) is 0 Å². The van der Waals surface area contributed by atoms with Crippen molar-refractivity contribution in [1.29, 1.82) is 0 Å². The van der Waals surface area contributed by atoms with Crippen LogP contribution in [0.15, 0.2) is 40.8 Å². The number of halogens is 1. The van der Waals surface area contributed by atoms with Gasteiger partial charge in [0, 0.05) is 0 Å². The van der Waals surface area contributed by atoms with Crippen LogP contribution in [0.25, 0.3) is 21.0 Å². The van der Waals surface area contributed by atoms with Gasteiger partial charge in [0.05, 0.1) is 16.8 Å². The van der Waals surface area contributed by atoms with Gasteiger partial charge in [-0.3, -0.25) is 0 Å². The molecule has 17 heavy (non-hydrogen) atoms. The van der Waals surface area contributed by atoms with E-state index in [-0.39, 0.29) is 12.4 Å². The quantitative estimate of drug-likeness (QED) is 0.773. The van der Waals surface area contributed by atoms with Crippen molar-refractivity contribution >= 4 is 34.0 Å². The lowest BCUT2D eigenvalue weighted by Gasteiger charge is -1.88. The minimum absolute atomic E-state index is 0. The highest BCUT2D eigenvalue weighted by molar-refractivity contribution is 7.21. The van der Waals surface area contributed by atoms with Crippen molar-refractivity contribution in [2.45, 2.75) is 6.54 Å². The molecule has 0 radical (unpaired) electrons. The van der Waals surface area contributed by atoms with E-state index in [2.05, 4.69) is 11.1 Å². The second-order valence-corrected chi connectivity index (χ2v) is 4.49. The Bertz CT molecular complexity index is 599. The zero-order valence-corrected chi connectivity index (χ0v) is 10.6. The molecule has 0 fully saturated rings. The summed E-state index contributed by atoms with van der Waals surface area (Å²) in [5.41, 5.74) is 6.51. The molecular weight excluding hydrogens is 256 g/mol. The molecule has 3 rings (SSSR count). The topological polar surface area (TPSA) is 52.0 Å². The van der Waals surface area contributed by atoms with Crippen molar-refractivity contribution in [1.82, 2.24) is 4.98 Å². The fraction of sp³-hybridized carbons (Fsp3) is 0.0833. The van der Waals surface area contributed by atoms with Crippen LogP contribution >= 0.6 is 23.7 Å². The van der Waals surface area contributed by atoms with Crippen LogP contribution < -0.4 is 5.73 Å². The van der Waals surface area contributed by atoms with Gasteiger partial charge in [-0.25, -0.2) is 4.98 Å². The molecule has 0 spiro atoms. The molecule has 0 aliphatic carbocycles. The molecule has 2 heterocycles. The van der Waals surface area contributed by atoms with Crippen LogP contribution in [-0.2, 0) is 6.54 Å². The normalized spacial score (nSPS) is 10.4. The third-order valence-corrected chi connectivity index (χ3v) is 3.42. The molecule has 0 amide bonds. The third-order valence-electron chi connectivity index (χ3n) is 2.37. The molecule has 3 aromatic rings. The summed E-state index contributed by atoms with van der Waals surface area (Å²) in [6.45, 7) is 0.422. The van der Waals surface area contributed by atoms with E-state index in [1.807, 2.05) is 30.3 Å². The maximum absolute atomic E-state index is 5.57. The van der Waals surface area contributed by atoms with Gasteiger partial charge >= 0.3 is 0 Å². The highest BCUT2D eigenvalue weighted by Gasteiger charge is 2.09. The van der Waals surface area contributed by atoms with Crippen molar-refractivity contribution < 1.29 is 4.42 Å². The Kier molecular flexibility index (Phi) is 3.47. The summed E-state index contributed by atoms with van der Waals surface area (Å²) >= 11 is 1.63. The minimum atomic E-state index is 0. The van der Waals surface area contributed by atoms with E-state index in [1.54, 1.807) is 11.3 Å². The van der Waals surface area contributed by atoms with Gasteiger partial charge in [0.2, 0.25) is 0 Å². The number of hydrogen-bond donors (Lipinski definition) is 1. The predicted molar refractivity (Wildman–Crippen MR) is 72.5 cm³/mol. The van der Waals surface area contributed by atoms with Crippen LogP contribution in [0.5, 0.6) is 0 Å². The number of fused-ring (bicyclic) bond motifs is 1. The summed E-state index contributed by atoms with van der Waals surface area (Å²) in [6.07, 6.45) is 0. The second-order valence-electron chi connectivity index (χ2n) is 3.46. The summed E-state index contributed by atoms with van der Waals surface area (Å²) < 4.78 is 6.74. The van der Waals surface area contributed by atoms with Crippen LogP contribution in [0.4, 0.5) is 0 Å². The first-order valence-corrected chi connectivity index (χ1v) is 5.83. The number of furan rings is 1. The maximum atomic E-state index is 5.57. The first-order chi connectivity index (χ1) is 7.86. The average Bonchev–Trinajstić information content (AvgIpc) is 2.95.